The van der Waals surface area contributed by atoms with Gasteiger partial charge in [0.2, 0.25) is 5.91 Å². The number of amides is 1. The molecule has 0 aromatic heterocycles. The molecule has 0 radical (unpaired) electrons. The molecule has 0 atom stereocenters. The standard InChI is InChI=1S/C9H15F3N2O/c10-9(11,12)5-7(15)14-6-8(1-2-8)3-4-13/h1-6,13H2,(H,14,15). The van der Waals surface area contributed by atoms with Crippen molar-refractivity contribution in [3.8, 4) is 0 Å². The van der Waals surface area contributed by atoms with Crippen molar-refractivity contribution in [1.29, 1.82) is 0 Å². The largest absolute Gasteiger partial charge is 0.397 e. The molecule has 0 aromatic carbocycles. The topological polar surface area (TPSA) is 55.1 Å². The highest BCUT2D eigenvalue weighted by Gasteiger charge is 2.42. The molecule has 0 heterocycles. The van der Waals surface area contributed by atoms with Crippen LogP contribution in [0.3, 0.4) is 0 Å². The summed E-state index contributed by atoms with van der Waals surface area (Å²) in [5.41, 5.74) is 5.35. The van der Waals surface area contributed by atoms with Crippen molar-refractivity contribution in [2.24, 2.45) is 11.1 Å². The van der Waals surface area contributed by atoms with Crippen molar-refractivity contribution in [1.82, 2.24) is 5.32 Å². The summed E-state index contributed by atoms with van der Waals surface area (Å²) in [7, 11) is 0. The molecule has 1 fully saturated rings. The second-order valence-corrected chi connectivity index (χ2v) is 4.11. The van der Waals surface area contributed by atoms with E-state index in [4.69, 9.17) is 5.73 Å². The zero-order chi connectivity index (χ0) is 11.5. The Balaban J connectivity index is 2.23. The highest BCUT2D eigenvalue weighted by Crippen LogP contribution is 2.47. The van der Waals surface area contributed by atoms with Crippen LogP contribution in [0.1, 0.15) is 25.7 Å². The maximum atomic E-state index is 11.8. The van der Waals surface area contributed by atoms with Crippen molar-refractivity contribution < 1.29 is 18.0 Å². The molecular formula is C9H15F3N2O. The van der Waals surface area contributed by atoms with Crippen LogP contribution in [-0.2, 0) is 4.79 Å². The van der Waals surface area contributed by atoms with Gasteiger partial charge < -0.3 is 11.1 Å². The SMILES string of the molecule is NCCC1(CNC(=O)CC(F)(F)F)CC1. The minimum atomic E-state index is -4.42. The second kappa shape index (κ2) is 4.38. The molecule has 1 saturated carbocycles. The van der Waals surface area contributed by atoms with Crippen LogP contribution in [0.2, 0.25) is 0 Å². The molecule has 6 heteroatoms. The number of hydrogen-bond donors (Lipinski definition) is 2. The van der Waals surface area contributed by atoms with E-state index in [1.165, 1.54) is 0 Å². The number of alkyl halides is 3. The Labute approximate surface area is 86.2 Å². The molecule has 88 valence electrons. The summed E-state index contributed by atoms with van der Waals surface area (Å²) in [6.45, 7) is 0.828. The van der Waals surface area contributed by atoms with E-state index in [9.17, 15) is 18.0 Å². The molecule has 15 heavy (non-hydrogen) atoms. The number of nitrogens with one attached hydrogen (secondary N) is 1. The highest BCUT2D eigenvalue weighted by atomic mass is 19.4. The average Bonchev–Trinajstić information content (AvgIpc) is 2.80. The monoisotopic (exact) mass is 224 g/mol. The summed E-state index contributed by atoms with van der Waals surface area (Å²) in [6, 6.07) is 0. The van der Waals surface area contributed by atoms with Crippen LogP contribution in [0.25, 0.3) is 0 Å². The Kier molecular flexibility index (Phi) is 3.59. The van der Waals surface area contributed by atoms with Crippen molar-refractivity contribution in [3.63, 3.8) is 0 Å². The second-order valence-electron chi connectivity index (χ2n) is 4.11. The summed E-state index contributed by atoms with van der Waals surface area (Å²) >= 11 is 0. The van der Waals surface area contributed by atoms with Gasteiger partial charge in [0.1, 0.15) is 6.42 Å². The molecule has 3 N–H and O–H groups in total. The van der Waals surface area contributed by atoms with Crippen molar-refractivity contribution in [2.75, 3.05) is 13.1 Å². The summed E-state index contributed by atoms with van der Waals surface area (Å²) in [5.74, 6) is -0.953. The number of carbonyl (C=O) groups is 1. The average molecular weight is 224 g/mol. The first-order valence-electron chi connectivity index (χ1n) is 4.90. The molecule has 3 nitrogen and oxygen atoms in total. The van der Waals surface area contributed by atoms with Crippen LogP contribution >= 0.6 is 0 Å². The summed E-state index contributed by atoms with van der Waals surface area (Å²) < 4.78 is 35.4. The van der Waals surface area contributed by atoms with Crippen molar-refractivity contribution in [2.45, 2.75) is 31.9 Å². The first kappa shape index (κ1) is 12.3. The first-order valence-corrected chi connectivity index (χ1v) is 4.90. The van der Waals surface area contributed by atoms with Crippen LogP contribution in [0.5, 0.6) is 0 Å². The van der Waals surface area contributed by atoms with Gasteiger partial charge in [-0.15, -0.1) is 0 Å². The van der Waals surface area contributed by atoms with E-state index in [1.54, 1.807) is 0 Å². The fourth-order valence-corrected chi connectivity index (χ4v) is 1.53. The van der Waals surface area contributed by atoms with Gasteiger partial charge in [-0.25, -0.2) is 0 Å². The molecule has 1 aliphatic carbocycles. The Morgan fingerprint density at radius 2 is 2.00 bits per heavy atom. The fourth-order valence-electron chi connectivity index (χ4n) is 1.53. The van der Waals surface area contributed by atoms with E-state index in [0.717, 1.165) is 19.3 Å². The maximum absolute atomic E-state index is 11.8. The minimum absolute atomic E-state index is 0.0178. The Hall–Kier alpha value is -0.780. The lowest BCUT2D eigenvalue weighted by molar-refractivity contribution is -0.153. The number of hydrogen-bond acceptors (Lipinski definition) is 2. The smallest absolute Gasteiger partial charge is 0.355 e. The summed E-state index contributed by atoms with van der Waals surface area (Å²) in [4.78, 5) is 10.9. The van der Waals surface area contributed by atoms with E-state index < -0.39 is 18.5 Å². The normalized spacial score (nSPS) is 18.7. The molecular weight excluding hydrogens is 209 g/mol. The lowest BCUT2D eigenvalue weighted by atomic mass is 10.0. The van der Waals surface area contributed by atoms with Gasteiger partial charge in [0, 0.05) is 6.54 Å². The highest BCUT2D eigenvalue weighted by molar-refractivity contribution is 5.76. The quantitative estimate of drug-likeness (QED) is 0.736. The van der Waals surface area contributed by atoms with E-state index in [-0.39, 0.29) is 5.41 Å². The Morgan fingerprint density at radius 3 is 2.40 bits per heavy atom. The van der Waals surface area contributed by atoms with Gasteiger partial charge in [-0.3, -0.25) is 4.79 Å². The van der Waals surface area contributed by atoms with Crippen LogP contribution in [-0.4, -0.2) is 25.2 Å². The zero-order valence-electron chi connectivity index (χ0n) is 8.36. The molecule has 0 spiro atoms. The summed E-state index contributed by atoms with van der Waals surface area (Å²) in [6.07, 6.45) is -3.17. The lowest BCUT2D eigenvalue weighted by Crippen LogP contribution is -2.34. The number of halogens is 3. The van der Waals surface area contributed by atoms with Crippen molar-refractivity contribution in [3.05, 3.63) is 0 Å². The zero-order valence-corrected chi connectivity index (χ0v) is 8.36. The summed E-state index contributed by atoms with van der Waals surface area (Å²) in [5, 5.41) is 2.31. The lowest BCUT2D eigenvalue weighted by Gasteiger charge is -2.15. The van der Waals surface area contributed by atoms with Crippen LogP contribution in [0.4, 0.5) is 13.2 Å². The van der Waals surface area contributed by atoms with Crippen LogP contribution in [0.15, 0.2) is 0 Å². The molecule has 0 unspecified atom stereocenters. The first-order chi connectivity index (χ1) is 6.87. The third-order valence-corrected chi connectivity index (χ3v) is 2.65. The molecule has 1 aliphatic rings. The molecule has 1 rings (SSSR count). The molecule has 0 bridgehead atoms. The van der Waals surface area contributed by atoms with Crippen LogP contribution < -0.4 is 11.1 Å². The number of carbonyl (C=O) groups excluding carboxylic acids is 1. The van der Waals surface area contributed by atoms with E-state index >= 15 is 0 Å². The predicted molar refractivity (Wildman–Crippen MR) is 49.0 cm³/mol. The Morgan fingerprint density at radius 1 is 1.40 bits per heavy atom. The number of rotatable bonds is 5. The predicted octanol–water partition coefficient (Wildman–Crippen LogP) is 1.18. The molecule has 0 aromatic rings. The van der Waals surface area contributed by atoms with Gasteiger partial charge in [-0.05, 0) is 31.2 Å². The van der Waals surface area contributed by atoms with E-state index in [2.05, 4.69) is 5.32 Å². The third-order valence-electron chi connectivity index (χ3n) is 2.65. The van der Waals surface area contributed by atoms with Gasteiger partial charge >= 0.3 is 6.18 Å². The van der Waals surface area contributed by atoms with Gasteiger partial charge in [0.15, 0.2) is 0 Å². The van der Waals surface area contributed by atoms with Crippen molar-refractivity contribution >= 4 is 5.91 Å². The third kappa shape index (κ3) is 4.51. The molecule has 0 aliphatic heterocycles. The molecule has 1 amide bonds. The fraction of sp³-hybridized carbons (Fsp3) is 0.889. The van der Waals surface area contributed by atoms with E-state index in [0.29, 0.717) is 13.1 Å². The Bertz CT molecular complexity index is 236. The van der Waals surface area contributed by atoms with Gasteiger partial charge in [0.25, 0.3) is 0 Å². The van der Waals surface area contributed by atoms with Gasteiger partial charge in [-0.2, -0.15) is 13.2 Å². The minimum Gasteiger partial charge on any atom is -0.355 e. The molecule has 0 saturated heterocycles. The van der Waals surface area contributed by atoms with Gasteiger partial charge in [0.05, 0.1) is 0 Å². The van der Waals surface area contributed by atoms with E-state index in [1.807, 2.05) is 0 Å². The van der Waals surface area contributed by atoms with Gasteiger partial charge in [-0.1, -0.05) is 0 Å². The maximum Gasteiger partial charge on any atom is 0.397 e. The number of nitrogens with two attached hydrogens (primary N) is 1. The van der Waals surface area contributed by atoms with Crippen LogP contribution in [0, 0.1) is 5.41 Å².